The maximum atomic E-state index is 13.6. The molecule has 3 aromatic rings. The third-order valence-corrected chi connectivity index (χ3v) is 4.57. The number of benzene rings is 2. The van der Waals surface area contributed by atoms with E-state index in [1.54, 1.807) is 24.3 Å². The zero-order chi connectivity index (χ0) is 19.4. The smallest absolute Gasteiger partial charge is 0.278 e. The normalized spacial score (nSPS) is 11.8. The van der Waals surface area contributed by atoms with Crippen LogP contribution in [0.2, 0.25) is 0 Å². The van der Waals surface area contributed by atoms with Crippen LogP contribution in [0.5, 0.6) is 0 Å². The van der Waals surface area contributed by atoms with Gasteiger partial charge in [-0.2, -0.15) is 0 Å². The van der Waals surface area contributed by atoms with Crippen molar-refractivity contribution in [1.82, 2.24) is 15.2 Å². The van der Waals surface area contributed by atoms with Crippen LogP contribution in [0, 0.1) is 11.6 Å². The average molecular weight is 388 g/mol. The second-order valence-electron chi connectivity index (χ2n) is 5.52. The molecule has 0 aliphatic heterocycles. The van der Waals surface area contributed by atoms with E-state index in [0.29, 0.717) is 5.56 Å². The first-order valence-electron chi connectivity index (χ1n) is 7.89. The van der Waals surface area contributed by atoms with E-state index in [2.05, 4.69) is 20.5 Å². The number of H-pyrrole nitrogens is 1. The minimum atomic E-state index is -0.874. The molecule has 0 spiro atoms. The van der Waals surface area contributed by atoms with Crippen molar-refractivity contribution in [3.05, 3.63) is 70.5 Å². The molecule has 1 heterocycles. The number of rotatable bonds is 5. The molecule has 6 nitrogen and oxygen atoms in total. The van der Waals surface area contributed by atoms with Gasteiger partial charge in [-0.25, -0.2) is 8.78 Å². The van der Waals surface area contributed by atoms with Crippen LogP contribution in [-0.2, 0) is 4.79 Å². The molecule has 0 aliphatic carbocycles. The zero-order valence-electron chi connectivity index (χ0n) is 14.1. The first-order valence-corrected chi connectivity index (χ1v) is 8.77. The Bertz CT molecular complexity index is 1010. The Hall–Kier alpha value is -3.07. The molecular weight excluding hydrogens is 374 g/mol. The molecule has 0 bridgehead atoms. The fourth-order valence-corrected chi connectivity index (χ4v) is 2.96. The predicted molar refractivity (Wildman–Crippen MR) is 98.4 cm³/mol. The highest BCUT2D eigenvalue weighted by Gasteiger charge is 2.20. The average Bonchev–Trinajstić information content (AvgIpc) is 2.65. The number of hydrogen-bond donors (Lipinski definition) is 2. The van der Waals surface area contributed by atoms with Crippen LogP contribution < -0.4 is 10.9 Å². The van der Waals surface area contributed by atoms with Crippen LogP contribution in [0.25, 0.3) is 11.3 Å². The lowest BCUT2D eigenvalue weighted by Crippen LogP contribution is -2.24. The number of hydrogen-bond acceptors (Lipinski definition) is 5. The molecule has 0 aliphatic rings. The second-order valence-corrected chi connectivity index (χ2v) is 6.85. The Labute approximate surface area is 157 Å². The number of thioether (sulfide) groups is 1. The van der Waals surface area contributed by atoms with Gasteiger partial charge in [0.25, 0.3) is 5.56 Å². The molecule has 138 valence electrons. The predicted octanol–water partition coefficient (Wildman–Crippen LogP) is 3.23. The summed E-state index contributed by atoms with van der Waals surface area (Å²) in [6, 6.07) is 12.1. The fourth-order valence-electron chi connectivity index (χ4n) is 2.22. The van der Waals surface area contributed by atoms with Gasteiger partial charge in [0.2, 0.25) is 5.91 Å². The fraction of sp³-hybridized carbons (Fsp3) is 0.111. The first-order chi connectivity index (χ1) is 13.0. The lowest BCUT2D eigenvalue weighted by atomic mass is 10.2. The number of carbonyl (C=O) groups is 1. The minimum Gasteiger partial charge on any atom is -0.320 e. The molecule has 0 saturated carbocycles. The molecule has 9 heteroatoms. The summed E-state index contributed by atoms with van der Waals surface area (Å²) >= 11 is 0.915. The van der Waals surface area contributed by atoms with Gasteiger partial charge in [0.15, 0.2) is 10.9 Å². The van der Waals surface area contributed by atoms with E-state index < -0.39 is 34.0 Å². The number of nitrogens with zero attached hydrogens (tertiary/aromatic N) is 2. The highest BCUT2D eigenvalue weighted by atomic mass is 32.2. The van der Waals surface area contributed by atoms with Gasteiger partial charge in [0, 0.05) is 5.56 Å². The van der Waals surface area contributed by atoms with Gasteiger partial charge in [-0.05, 0) is 19.1 Å². The number of para-hydroxylation sites is 1. The van der Waals surface area contributed by atoms with Gasteiger partial charge in [0.05, 0.1) is 5.25 Å². The standard InChI is InChI=1S/C18H14F2N4O2S/c1-10(16(25)21-15-12(19)8-5-9-13(15)20)27-18-22-17(26)14(23-24-18)11-6-3-2-4-7-11/h2-10H,1H3,(H,21,25)(H,22,24,26). The Morgan fingerprint density at radius 3 is 2.37 bits per heavy atom. The number of aromatic nitrogens is 3. The maximum absolute atomic E-state index is 13.6. The summed E-state index contributed by atoms with van der Waals surface area (Å²) in [4.78, 5) is 26.9. The number of aromatic amines is 1. The molecule has 0 saturated heterocycles. The topological polar surface area (TPSA) is 87.7 Å². The van der Waals surface area contributed by atoms with E-state index >= 15 is 0 Å². The van der Waals surface area contributed by atoms with Crippen LogP contribution in [0.15, 0.2) is 58.5 Å². The second kappa shape index (κ2) is 8.09. The van der Waals surface area contributed by atoms with E-state index in [1.807, 2.05) is 6.07 Å². The number of anilines is 1. The first kappa shape index (κ1) is 18.7. The van der Waals surface area contributed by atoms with E-state index in [-0.39, 0.29) is 10.9 Å². The molecule has 0 radical (unpaired) electrons. The van der Waals surface area contributed by atoms with Gasteiger partial charge < -0.3 is 5.32 Å². The van der Waals surface area contributed by atoms with E-state index in [4.69, 9.17) is 0 Å². The molecule has 0 fully saturated rings. The van der Waals surface area contributed by atoms with Crippen LogP contribution >= 0.6 is 11.8 Å². The molecule has 27 heavy (non-hydrogen) atoms. The van der Waals surface area contributed by atoms with Gasteiger partial charge in [-0.3, -0.25) is 14.6 Å². The van der Waals surface area contributed by atoms with Crippen molar-refractivity contribution >= 4 is 23.4 Å². The zero-order valence-corrected chi connectivity index (χ0v) is 14.9. The van der Waals surface area contributed by atoms with Gasteiger partial charge in [-0.15, -0.1) is 10.2 Å². The molecule has 1 aromatic heterocycles. The van der Waals surface area contributed by atoms with Gasteiger partial charge in [0.1, 0.15) is 17.3 Å². The number of nitrogens with one attached hydrogen (secondary N) is 2. The maximum Gasteiger partial charge on any atom is 0.278 e. The van der Waals surface area contributed by atoms with Crippen molar-refractivity contribution in [2.75, 3.05) is 5.32 Å². The summed E-state index contributed by atoms with van der Waals surface area (Å²) in [5.41, 5.74) is -0.200. The van der Waals surface area contributed by atoms with Crippen LogP contribution in [0.3, 0.4) is 0 Å². The molecule has 1 amide bonds. The molecule has 2 aromatic carbocycles. The number of amides is 1. The lowest BCUT2D eigenvalue weighted by molar-refractivity contribution is -0.115. The van der Waals surface area contributed by atoms with Crippen molar-refractivity contribution < 1.29 is 13.6 Å². The molecule has 2 N–H and O–H groups in total. The van der Waals surface area contributed by atoms with Crippen molar-refractivity contribution in [2.24, 2.45) is 0 Å². The Morgan fingerprint density at radius 2 is 1.74 bits per heavy atom. The highest BCUT2D eigenvalue weighted by Crippen LogP contribution is 2.23. The summed E-state index contributed by atoms with van der Waals surface area (Å²) in [5, 5.41) is 9.36. The van der Waals surface area contributed by atoms with Crippen molar-refractivity contribution in [3.8, 4) is 11.3 Å². The van der Waals surface area contributed by atoms with Crippen LogP contribution in [-0.4, -0.2) is 26.3 Å². The summed E-state index contributed by atoms with van der Waals surface area (Å²) in [6.45, 7) is 1.52. The number of carbonyl (C=O) groups excluding carboxylic acids is 1. The third kappa shape index (κ3) is 4.37. The summed E-state index contributed by atoms with van der Waals surface area (Å²) in [5.74, 6) is -2.39. The molecule has 1 unspecified atom stereocenters. The van der Waals surface area contributed by atoms with Crippen LogP contribution in [0.1, 0.15) is 6.92 Å². The van der Waals surface area contributed by atoms with Gasteiger partial charge in [-0.1, -0.05) is 48.2 Å². The van der Waals surface area contributed by atoms with Crippen LogP contribution in [0.4, 0.5) is 14.5 Å². The Kier molecular flexibility index (Phi) is 5.60. The molecular formula is C18H14F2N4O2S. The van der Waals surface area contributed by atoms with Crippen molar-refractivity contribution in [3.63, 3.8) is 0 Å². The van der Waals surface area contributed by atoms with E-state index in [1.165, 1.54) is 13.0 Å². The lowest BCUT2D eigenvalue weighted by Gasteiger charge is -2.12. The highest BCUT2D eigenvalue weighted by molar-refractivity contribution is 8.00. The van der Waals surface area contributed by atoms with Gasteiger partial charge >= 0.3 is 0 Å². The summed E-state index contributed by atoms with van der Waals surface area (Å²) < 4.78 is 27.3. The number of halogens is 2. The molecule has 3 rings (SSSR count). The minimum absolute atomic E-state index is 0.122. The summed E-state index contributed by atoms with van der Waals surface area (Å²) in [6.07, 6.45) is 0. The Morgan fingerprint density at radius 1 is 1.07 bits per heavy atom. The summed E-state index contributed by atoms with van der Waals surface area (Å²) in [7, 11) is 0. The largest absolute Gasteiger partial charge is 0.320 e. The Balaban J connectivity index is 1.72. The molecule has 1 atom stereocenters. The van der Waals surface area contributed by atoms with Crippen molar-refractivity contribution in [2.45, 2.75) is 17.3 Å². The van der Waals surface area contributed by atoms with Crippen molar-refractivity contribution in [1.29, 1.82) is 0 Å². The SMILES string of the molecule is CC(Sc1nnc(-c2ccccc2)c(=O)[nH]1)C(=O)Nc1c(F)cccc1F. The quantitative estimate of drug-likeness (QED) is 0.655. The van der Waals surface area contributed by atoms with E-state index in [0.717, 1.165) is 23.9 Å². The van der Waals surface area contributed by atoms with E-state index in [9.17, 15) is 18.4 Å². The monoisotopic (exact) mass is 388 g/mol. The third-order valence-electron chi connectivity index (χ3n) is 3.59.